The van der Waals surface area contributed by atoms with E-state index in [4.69, 9.17) is 17.3 Å². The summed E-state index contributed by atoms with van der Waals surface area (Å²) in [5, 5.41) is 4.58. The summed E-state index contributed by atoms with van der Waals surface area (Å²) in [6.07, 6.45) is 4.85. The molecule has 0 aromatic carbocycles. The van der Waals surface area contributed by atoms with Crippen LogP contribution in [-0.4, -0.2) is 19.7 Å². The predicted octanol–water partition coefficient (Wildman–Crippen LogP) is 1.21. The molecule has 2 N–H and O–H groups in total. The van der Waals surface area contributed by atoms with Crippen molar-refractivity contribution in [2.45, 2.75) is 6.92 Å². The van der Waals surface area contributed by atoms with Gasteiger partial charge in [0.25, 0.3) is 0 Å². The summed E-state index contributed by atoms with van der Waals surface area (Å²) >= 11 is 5.74. The van der Waals surface area contributed by atoms with Gasteiger partial charge >= 0.3 is 0 Å². The highest BCUT2D eigenvalue weighted by Crippen LogP contribution is 2.13. The van der Waals surface area contributed by atoms with Gasteiger partial charge in [-0.1, -0.05) is 11.6 Å². The first-order valence-electron chi connectivity index (χ1n) is 3.96. The normalized spacial score (nSPS) is 10.4. The van der Waals surface area contributed by atoms with Crippen molar-refractivity contribution in [1.29, 1.82) is 0 Å². The van der Waals surface area contributed by atoms with E-state index in [0.29, 0.717) is 10.8 Å². The summed E-state index contributed by atoms with van der Waals surface area (Å²) in [4.78, 5) is 7.93. The summed E-state index contributed by atoms with van der Waals surface area (Å²) in [6.45, 7) is 1.88. The maximum absolute atomic E-state index is 5.74. The van der Waals surface area contributed by atoms with Gasteiger partial charge in [0.2, 0.25) is 5.95 Å². The Hall–Kier alpha value is -1.62. The molecule has 0 atom stereocenters. The Morgan fingerprint density at radius 3 is 2.86 bits per heavy atom. The molecule has 0 aliphatic carbocycles. The van der Waals surface area contributed by atoms with E-state index in [1.54, 1.807) is 23.3 Å². The number of hydrogen-bond acceptors (Lipinski definition) is 4. The molecule has 0 saturated heterocycles. The van der Waals surface area contributed by atoms with Crippen molar-refractivity contribution in [3.05, 3.63) is 29.2 Å². The van der Waals surface area contributed by atoms with Crippen molar-refractivity contribution >= 4 is 17.5 Å². The van der Waals surface area contributed by atoms with Crippen molar-refractivity contribution in [2.75, 3.05) is 5.73 Å². The molecule has 0 aliphatic rings. The van der Waals surface area contributed by atoms with Gasteiger partial charge in [-0.05, 0) is 6.92 Å². The fourth-order valence-corrected chi connectivity index (χ4v) is 1.23. The molecule has 2 aromatic rings. The lowest BCUT2D eigenvalue weighted by atomic mass is 10.3. The van der Waals surface area contributed by atoms with Gasteiger partial charge in [-0.15, -0.1) is 0 Å². The van der Waals surface area contributed by atoms with E-state index >= 15 is 0 Å². The SMILES string of the molecule is Cc1cnc(N)nc1-n1cc(Cl)cn1. The predicted molar refractivity (Wildman–Crippen MR) is 53.3 cm³/mol. The van der Waals surface area contributed by atoms with Crippen LogP contribution in [0.3, 0.4) is 0 Å². The topological polar surface area (TPSA) is 69.6 Å². The second-order valence-corrected chi connectivity index (χ2v) is 3.27. The van der Waals surface area contributed by atoms with Crippen LogP contribution in [0.1, 0.15) is 5.56 Å². The molecule has 14 heavy (non-hydrogen) atoms. The van der Waals surface area contributed by atoms with Crippen LogP contribution in [0.2, 0.25) is 5.02 Å². The molecule has 0 saturated carbocycles. The zero-order chi connectivity index (χ0) is 10.1. The van der Waals surface area contributed by atoms with Crippen LogP contribution in [0.25, 0.3) is 5.82 Å². The maximum atomic E-state index is 5.74. The quantitative estimate of drug-likeness (QED) is 0.767. The van der Waals surface area contributed by atoms with Crippen LogP contribution in [-0.2, 0) is 0 Å². The number of aromatic nitrogens is 4. The largest absolute Gasteiger partial charge is 0.368 e. The lowest BCUT2D eigenvalue weighted by Gasteiger charge is -2.03. The number of rotatable bonds is 1. The summed E-state index contributed by atoms with van der Waals surface area (Å²) in [7, 11) is 0. The van der Waals surface area contributed by atoms with Crippen molar-refractivity contribution in [3.63, 3.8) is 0 Å². The number of aryl methyl sites for hydroxylation is 1. The van der Waals surface area contributed by atoms with E-state index in [9.17, 15) is 0 Å². The molecule has 0 bridgehead atoms. The first kappa shape index (κ1) is 8.96. The minimum absolute atomic E-state index is 0.220. The van der Waals surface area contributed by atoms with Crippen LogP contribution in [0.4, 0.5) is 5.95 Å². The standard InChI is InChI=1S/C8H8ClN5/c1-5-2-11-8(10)13-7(5)14-4-6(9)3-12-14/h2-4H,1H3,(H2,10,11,13). The maximum Gasteiger partial charge on any atom is 0.222 e. The average molecular weight is 210 g/mol. The van der Waals surface area contributed by atoms with Crippen molar-refractivity contribution < 1.29 is 0 Å². The highest BCUT2D eigenvalue weighted by molar-refractivity contribution is 6.30. The number of halogens is 1. The second kappa shape index (κ2) is 3.26. The molecule has 2 heterocycles. The Bertz CT molecular complexity index is 465. The number of hydrogen-bond donors (Lipinski definition) is 1. The summed E-state index contributed by atoms with van der Waals surface area (Å²) in [5.41, 5.74) is 6.36. The van der Waals surface area contributed by atoms with Crippen LogP contribution in [0, 0.1) is 6.92 Å². The van der Waals surface area contributed by atoms with Gasteiger partial charge in [0.15, 0.2) is 5.82 Å². The van der Waals surface area contributed by atoms with Crippen molar-refractivity contribution in [1.82, 2.24) is 19.7 Å². The van der Waals surface area contributed by atoms with E-state index < -0.39 is 0 Å². The molecule has 0 radical (unpaired) electrons. The van der Waals surface area contributed by atoms with Crippen LogP contribution in [0.5, 0.6) is 0 Å². The lowest BCUT2D eigenvalue weighted by molar-refractivity contribution is 0.832. The Kier molecular flexibility index (Phi) is 2.09. The molecule has 72 valence electrons. The van der Waals surface area contributed by atoms with Crippen LogP contribution < -0.4 is 5.73 Å². The van der Waals surface area contributed by atoms with Crippen LogP contribution in [0.15, 0.2) is 18.6 Å². The van der Waals surface area contributed by atoms with Gasteiger partial charge < -0.3 is 5.73 Å². The smallest absolute Gasteiger partial charge is 0.222 e. The van der Waals surface area contributed by atoms with E-state index in [2.05, 4.69) is 15.1 Å². The van der Waals surface area contributed by atoms with Gasteiger partial charge in [0, 0.05) is 11.8 Å². The number of nitrogen functional groups attached to an aromatic ring is 1. The number of nitrogens with zero attached hydrogens (tertiary/aromatic N) is 4. The summed E-state index contributed by atoms with van der Waals surface area (Å²) < 4.78 is 1.57. The van der Waals surface area contributed by atoms with E-state index in [1.807, 2.05) is 6.92 Å². The highest BCUT2D eigenvalue weighted by Gasteiger charge is 2.05. The monoisotopic (exact) mass is 209 g/mol. The van der Waals surface area contributed by atoms with E-state index in [0.717, 1.165) is 5.56 Å². The van der Waals surface area contributed by atoms with Gasteiger partial charge in [0.1, 0.15) is 0 Å². The molecule has 0 unspecified atom stereocenters. The third-order valence-electron chi connectivity index (χ3n) is 1.73. The molecule has 0 spiro atoms. The molecule has 0 fully saturated rings. The van der Waals surface area contributed by atoms with Gasteiger partial charge in [-0.25, -0.2) is 9.67 Å². The van der Waals surface area contributed by atoms with Crippen molar-refractivity contribution in [3.8, 4) is 5.82 Å². The molecule has 2 rings (SSSR count). The molecule has 0 amide bonds. The third-order valence-corrected chi connectivity index (χ3v) is 1.93. The van der Waals surface area contributed by atoms with Gasteiger partial charge in [0.05, 0.1) is 17.4 Å². The zero-order valence-electron chi connectivity index (χ0n) is 7.48. The molecule has 6 heteroatoms. The fraction of sp³-hybridized carbons (Fsp3) is 0.125. The molecule has 2 aromatic heterocycles. The minimum Gasteiger partial charge on any atom is -0.368 e. The summed E-state index contributed by atoms with van der Waals surface area (Å²) in [6, 6.07) is 0. The lowest BCUT2D eigenvalue weighted by Crippen LogP contribution is -2.05. The highest BCUT2D eigenvalue weighted by atomic mass is 35.5. The van der Waals surface area contributed by atoms with Gasteiger partial charge in [-0.2, -0.15) is 10.1 Å². The Labute approximate surface area is 85.5 Å². The Balaban J connectivity index is 2.55. The molecular weight excluding hydrogens is 202 g/mol. The first-order chi connectivity index (χ1) is 6.66. The summed E-state index contributed by atoms with van der Waals surface area (Å²) in [5.74, 6) is 0.863. The molecule has 0 aliphatic heterocycles. The number of anilines is 1. The zero-order valence-corrected chi connectivity index (χ0v) is 8.23. The third kappa shape index (κ3) is 1.54. The first-order valence-corrected chi connectivity index (χ1v) is 4.34. The minimum atomic E-state index is 0.220. The van der Waals surface area contributed by atoms with E-state index in [1.165, 1.54) is 0 Å². The van der Waals surface area contributed by atoms with Crippen LogP contribution >= 0.6 is 11.6 Å². The molecular formula is C8H8ClN5. The van der Waals surface area contributed by atoms with E-state index in [-0.39, 0.29) is 5.95 Å². The number of nitrogens with two attached hydrogens (primary N) is 1. The fourth-order valence-electron chi connectivity index (χ4n) is 1.09. The Morgan fingerprint density at radius 1 is 1.43 bits per heavy atom. The Morgan fingerprint density at radius 2 is 2.21 bits per heavy atom. The second-order valence-electron chi connectivity index (χ2n) is 2.84. The molecule has 5 nitrogen and oxygen atoms in total. The average Bonchev–Trinajstić information content (AvgIpc) is 2.56. The van der Waals surface area contributed by atoms with Crippen molar-refractivity contribution in [2.24, 2.45) is 0 Å². The van der Waals surface area contributed by atoms with Gasteiger partial charge in [-0.3, -0.25) is 0 Å².